The number of amides is 3. The molecule has 0 atom stereocenters. The second-order valence-electron chi connectivity index (χ2n) is 9.01. The summed E-state index contributed by atoms with van der Waals surface area (Å²) in [5.41, 5.74) is 3.17. The summed E-state index contributed by atoms with van der Waals surface area (Å²) in [6, 6.07) is 12.4. The van der Waals surface area contributed by atoms with Crippen LogP contribution in [0.3, 0.4) is 0 Å². The highest BCUT2D eigenvalue weighted by atomic mass is 32.2. The van der Waals surface area contributed by atoms with Gasteiger partial charge in [0.25, 0.3) is 0 Å². The van der Waals surface area contributed by atoms with E-state index in [2.05, 4.69) is 5.32 Å². The number of hydrogen-bond donors (Lipinski definition) is 1. The molecule has 1 N–H and O–H groups in total. The topological polar surface area (TPSA) is 104 Å². The number of carbonyl (C=O) groups excluding carboxylic acids is 3. The van der Waals surface area contributed by atoms with E-state index in [0.29, 0.717) is 36.5 Å². The summed E-state index contributed by atoms with van der Waals surface area (Å²) in [5.74, 6) is -0.729. The van der Waals surface area contributed by atoms with Crippen LogP contribution in [-0.4, -0.2) is 48.4 Å². The number of piperidine rings is 1. The van der Waals surface area contributed by atoms with Gasteiger partial charge in [-0.25, -0.2) is 8.42 Å². The monoisotopic (exact) mass is 483 g/mol. The third-order valence-electron chi connectivity index (χ3n) is 6.49. The van der Waals surface area contributed by atoms with Crippen LogP contribution in [0.15, 0.2) is 47.4 Å². The number of anilines is 1. The normalized spacial score (nSPS) is 17.9. The van der Waals surface area contributed by atoms with E-state index in [1.165, 1.54) is 9.21 Å². The first kappa shape index (κ1) is 24.1. The molecule has 8 nitrogen and oxygen atoms in total. The van der Waals surface area contributed by atoms with E-state index in [1.807, 2.05) is 13.0 Å². The van der Waals surface area contributed by atoms with Crippen LogP contribution < -0.4 is 5.32 Å². The van der Waals surface area contributed by atoms with E-state index in [1.54, 1.807) is 43.3 Å². The van der Waals surface area contributed by atoms with Crippen molar-refractivity contribution in [2.45, 2.75) is 51.0 Å². The lowest BCUT2D eigenvalue weighted by molar-refractivity contribution is -0.139. The average molecular weight is 484 g/mol. The summed E-state index contributed by atoms with van der Waals surface area (Å²) in [4.78, 5) is 37.9. The third kappa shape index (κ3) is 5.05. The molecular weight excluding hydrogens is 454 g/mol. The van der Waals surface area contributed by atoms with Crippen molar-refractivity contribution in [3.8, 4) is 0 Å². The van der Waals surface area contributed by atoms with Gasteiger partial charge in [-0.2, -0.15) is 4.31 Å². The molecule has 0 saturated carbocycles. The molecule has 0 aromatic heterocycles. The zero-order valence-electron chi connectivity index (χ0n) is 19.4. The molecule has 0 bridgehead atoms. The Balaban J connectivity index is 1.32. The molecule has 2 aromatic rings. The van der Waals surface area contributed by atoms with Gasteiger partial charge < -0.3 is 5.32 Å². The van der Waals surface area contributed by atoms with Crippen molar-refractivity contribution in [3.63, 3.8) is 0 Å². The van der Waals surface area contributed by atoms with E-state index in [-0.39, 0.29) is 43.0 Å². The highest BCUT2D eigenvalue weighted by Crippen LogP contribution is 2.27. The van der Waals surface area contributed by atoms with E-state index >= 15 is 0 Å². The minimum absolute atomic E-state index is 0.138. The molecule has 4 rings (SSSR count). The van der Waals surface area contributed by atoms with Gasteiger partial charge in [-0.3, -0.25) is 19.3 Å². The molecule has 2 aromatic carbocycles. The number of aryl methyl sites for hydroxylation is 2. The molecule has 0 radical (unpaired) electrons. The van der Waals surface area contributed by atoms with Gasteiger partial charge in [0.15, 0.2) is 0 Å². The van der Waals surface area contributed by atoms with Crippen LogP contribution in [0.2, 0.25) is 0 Å². The van der Waals surface area contributed by atoms with Crippen LogP contribution in [0.1, 0.15) is 42.4 Å². The minimum atomic E-state index is -3.59. The van der Waals surface area contributed by atoms with Crippen LogP contribution in [0.5, 0.6) is 0 Å². The van der Waals surface area contributed by atoms with Crippen molar-refractivity contribution >= 4 is 33.4 Å². The first-order chi connectivity index (χ1) is 16.1. The number of likely N-dealkylation sites (tertiary alicyclic amines) is 1. The fourth-order valence-corrected chi connectivity index (χ4v) is 6.18. The second-order valence-corrected chi connectivity index (χ2v) is 10.9. The lowest BCUT2D eigenvalue weighted by Gasteiger charge is -2.31. The fraction of sp³-hybridized carbons (Fsp3) is 0.400. The lowest BCUT2D eigenvalue weighted by atomic mass is 9.97. The van der Waals surface area contributed by atoms with Crippen molar-refractivity contribution < 1.29 is 22.8 Å². The minimum Gasteiger partial charge on any atom is -0.326 e. The number of benzene rings is 2. The Bertz CT molecular complexity index is 1200. The van der Waals surface area contributed by atoms with Crippen molar-refractivity contribution in [2.24, 2.45) is 5.92 Å². The van der Waals surface area contributed by atoms with E-state index in [4.69, 9.17) is 0 Å². The molecule has 2 heterocycles. The SMILES string of the molecule is Cc1ccc(S(=O)(=O)N2CCC(C(=O)Nc3ccc(CN4C(=O)CCC4=O)cc3)CC2)c(C)c1. The van der Waals surface area contributed by atoms with Crippen molar-refractivity contribution in [1.82, 2.24) is 9.21 Å². The predicted octanol–water partition coefficient (Wildman–Crippen LogP) is 2.99. The first-order valence-corrected chi connectivity index (χ1v) is 12.9. The van der Waals surface area contributed by atoms with E-state index in [9.17, 15) is 22.8 Å². The molecule has 180 valence electrons. The van der Waals surface area contributed by atoms with Crippen LogP contribution in [0.25, 0.3) is 0 Å². The zero-order valence-corrected chi connectivity index (χ0v) is 20.2. The summed E-state index contributed by atoms with van der Waals surface area (Å²) in [5, 5.41) is 2.90. The molecule has 9 heteroatoms. The molecule has 3 amide bonds. The van der Waals surface area contributed by atoms with Crippen LogP contribution >= 0.6 is 0 Å². The molecule has 34 heavy (non-hydrogen) atoms. The highest BCUT2D eigenvalue weighted by molar-refractivity contribution is 7.89. The molecular formula is C25H29N3O5S. The van der Waals surface area contributed by atoms with Gasteiger partial charge >= 0.3 is 0 Å². The van der Waals surface area contributed by atoms with Crippen molar-refractivity contribution in [3.05, 3.63) is 59.2 Å². The number of nitrogens with one attached hydrogen (secondary N) is 1. The summed E-state index contributed by atoms with van der Waals surface area (Å²) in [7, 11) is -3.59. The van der Waals surface area contributed by atoms with Gasteiger partial charge in [-0.05, 0) is 56.0 Å². The quantitative estimate of drug-likeness (QED) is 0.636. The molecule has 0 spiro atoms. The number of carbonyl (C=O) groups is 3. The fourth-order valence-electron chi connectivity index (χ4n) is 4.51. The number of sulfonamides is 1. The maximum Gasteiger partial charge on any atom is 0.243 e. The van der Waals surface area contributed by atoms with Gasteiger partial charge in [0, 0.05) is 37.5 Å². The van der Waals surface area contributed by atoms with Gasteiger partial charge in [0.05, 0.1) is 11.4 Å². The second kappa shape index (κ2) is 9.68. The summed E-state index contributed by atoms with van der Waals surface area (Å²) >= 11 is 0. The van der Waals surface area contributed by atoms with E-state index < -0.39 is 10.0 Å². The molecule has 2 aliphatic heterocycles. The van der Waals surface area contributed by atoms with Gasteiger partial charge in [-0.15, -0.1) is 0 Å². The Morgan fingerprint density at radius 2 is 1.59 bits per heavy atom. The Hall–Kier alpha value is -3.04. The Morgan fingerprint density at radius 3 is 2.18 bits per heavy atom. The standard InChI is InChI=1S/C25H29N3O5S/c1-17-3-8-22(18(2)15-17)34(32,33)27-13-11-20(12-14-27)25(31)26-21-6-4-19(5-7-21)16-28-23(29)9-10-24(28)30/h3-8,15,20H,9-14,16H2,1-2H3,(H,26,31). The smallest absolute Gasteiger partial charge is 0.243 e. The molecule has 0 aliphatic carbocycles. The summed E-state index contributed by atoms with van der Waals surface area (Å²) in [6.07, 6.45) is 1.43. The lowest BCUT2D eigenvalue weighted by Crippen LogP contribution is -2.41. The Morgan fingerprint density at radius 1 is 0.971 bits per heavy atom. The number of rotatable bonds is 6. The highest BCUT2D eigenvalue weighted by Gasteiger charge is 2.33. The van der Waals surface area contributed by atoms with Crippen molar-refractivity contribution in [1.29, 1.82) is 0 Å². The Kier molecular flexibility index (Phi) is 6.86. The number of imide groups is 1. The molecule has 2 fully saturated rings. The third-order valence-corrected chi connectivity index (χ3v) is 8.55. The van der Waals surface area contributed by atoms with Crippen LogP contribution in [0.4, 0.5) is 5.69 Å². The van der Waals surface area contributed by atoms with Crippen molar-refractivity contribution in [2.75, 3.05) is 18.4 Å². The van der Waals surface area contributed by atoms with Crippen LogP contribution in [0, 0.1) is 19.8 Å². The Labute approximate surface area is 200 Å². The largest absolute Gasteiger partial charge is 0.326 e. The average Bonchev–Trinajstić information content (AvgIpc) is 3.12. The predicted molar refractivity (Wildman–Crippen MR) is 127 cm³/mol. The van der Waals surface area contributed by atoms with Gasteiger partial charge in [0.1, 0.15) is 0 Å². The number of nitrogens with zero attached hydrogens (tertiary/aromatic N) is 2. The maximum absolute atomic E-state index is 13.1. The molecule has 0 unspecified atom stereocenters. The van der Waals surface area contributed by atoms with E-state index in [0.717, 1.165) is 16.7 Å². The zero-order chi connectivity index (χ0) is 24.5. The van der Waals surface area contributed by atoms with Crippen LogP contribution in [-0.2, 0) is 31.0 Å². The maximum atomic E-state index is 13.1. The summed E-state index contributed by atoms with van der Waals surface area (Å²) < 4.78 is 27.6. The molecule has 2 saturated heterocycles. The van der Waals surface area contributed by atoms with Gasteiger partial charge in [0.2, 0.25) is 27.7 Å². The first-order valence-electron chi connectivity index (χ1n) is 11.5. The van der Waals surface area contributed by atoms with Gasteiger partial charge in [-0.1, -0.05) is 29.8 Å². The molecule has 2 aliphatic rings. The number of hydrogen-bond acceptors (Lipinski definition) is 5. The summed E-state index contributed by atoms with van der Waals surface area (Å²) in [6.45, 7) is 4.55.